The molecule has 2 aromatic rings. The van der Waals surface area contributed by atoms with E-state index in [1.807, 2.05) is 24.3 Å². The van der Waals surface area contributed by atoms with Crippen LogP contribution >= 0.6 is 0 Å². The summed E-state index contributed by atoms with van der Waals surface area (Å²) < 4.78 is 12.0. The van der Waals surface area contributed by atoms with Gasteiger partial charge in [0.1, 0.15) is 12.4 Å². The van der Waals surface area contributed by atoms with Crippen LogP contribution in [0.3, 0.4) is 0 Å². The molecule has 0 bridgehead atoms. The van der Waals surface area contributed by atoms with Gasteiger partial charge >= 0.3 is 0 Å². The standard InChI is InChI=1S/C21H25NO2/c1-2-6-18(7-3-1)17-23-20-9-4-8-19(16-20)22-13-11-21(12-14-22)10-5-15-24-21/h1-4,6-9,16H,5,10-15,17H2. The number of anilines is 1. The molecule has 2 fully saturated rings. The highest BCUT2D eigenvalue weighted by Gasteiger charge is 2.38. The van der Waals surface area contributed by atoms with Gasteiger partial charge in [-0.3, -0.25) is 0 Å². The maximum atomic E-state index is 6.03. The SMILES string of the molecule is c1ccc(COc2cccc(N3CCC4(CCCO4)CC3)c2)cc1. The van der Waals surface area contributed by atoms with E-state index in [0.29, 0.717) is 6.61 Å². The van der Waals surface area contributed by atoms with Crippen LogP contribution in [0, 0.1) is 0 Å². The molecule has 0 unspecified atom stereocenters. The lowest BCUT2D eigenvalue weighted by Gasteiger charge is -2.39. The van der Waals surface area contributed by atoms with E-state index in [0.717, 1.165) is 38.3 Å². The summed E-state index contributed by atoms with van der Waals surface area (Å²) in [6, 6.07) is 18.8. The largest absolute Gasteiger partial charge is 0.489 e. The zero-order valence-electron chi connectivity index (χ0n) is 14.1. The third-order valence-electron chi connectivity index (χ3n) is 5.29. The molecule has 0 aromatic heterocycles. The van der Waals surface area contributed by atoms with Crippen molar-refractivity contribution in [3.05, 3.63) is 60.2 Å². The molecule has 0 atom stereocenters. The highest BCUT2D eigenvalue weighted by molar-refractivity contribution is 5.51. The molecule has 2 aromatic carbocycles. The molecule has 0 N–H and O–H groups in total. The molecule has 0 aliphatic carbocycles. The fraction of sp³-hybridized carbons (Fsp3) is 0.429. The Kier molecular flexibility index (Phi) is 4.44. The number of hydrogen-bond acceptors (Lipinski definition) is 3. The third kappa shape index (κ3) is 3.41. The van der Waals surface area contributed by atoms with Gasteiger partial charge in [-0.25, -0.2) is 0 Å². The predicted octanol–water partition coefficient (Wildman–Crippen LogP) is 4.42. The van der Waals surface area contributed by atoms with Crippen LogP contribution in [-0.2, 0) is 11.3 Å². The van der Waals surface area contributed by atoms with Crippen LogP contribution in [0.15, 0.2) is 54.6 Å². The molecule has 2 aliphatic heterocycles. The van der Waals surface area contributed by atoms with E-state index < -0.39 is 0 Å². The van der Waals surface area contributed by atoms with Gasteiger partial charge in [0, 0.05) is 31.5 Å². The summed E-state index contributed by atoms with van der Waals surface area (Å²) in [6.07, 6.45) is 4.74. The monoisotopic (exact) mass is 323 g/mol. The molecule has 2 saturated heterocycles. The summed E-state index contributed by atoms with van der Waals surface area (Å²) in [7, 11) is 0. The van der Waals surface area contributed by atoms with Crippen LogP contribution < -0.4 is 9.64 Å². The van der Waals surface area contributed by atoms with Gasteiger partial charge in [-0.05, 0) is 43.4 Å². The maximum Gasteiger partial charge on any atom is 0.121 e. The Balaban J connectivity index is 1.38. The second-order valence-electron chi connectivity index (χ2n) is 6.89. The molecule has 2 heterocycles. The van der Waals surface area contributed by atoms with E-state index >= 15 is 0 Å². The number of ether oxygens (including phenoxy) is 2. The molecule has 126 valence electrons. The van der Waals surface area contributed by atoms with Crippen molar-refractivity contribution in [2.75, 3.05) is 24.6 Å². The lowest BCUT2D eigenvalue weighted by atomic mass is 9.88. The first-order valence-electron chi connectivity index (χ1n) is 8.99. The van der Waals surface area contributed by atoms with Crippen molar-refractivity contribution >= 4 is 5.69 Å². The van der Waals surface area contributed by atoms with Crippen LogP contribution in [0.1, 0.15) is 31.2 Å². The molecule has 0 radical (unpaired) electrons. The van der Waals surface area contributed by atoms with E-state index in [-0.39, 0.29) is 5.60 Å². The minimum Gasteiger partial charge on any atom is -0.489 e. The van der Waals surface area contributed by atoms with Crippen LogP contribution in [0.4, 0.5) is 5.69 Å². The molecule has 1 spiro atoms. The van der Waals surface area contributed by atoms with Crippen LogP contribution in [-0.4, -0.2) is 25.3 Å². The summed E-state index contributed by atoms with van der Waals surface area (Å²) >= 11 is 0. The first-order chi connectivity index (χ1) is 11.8. The van der Waals surface area contributed by atoms with E-state index in [9.17, 15) is 0 Å². The average molecular weight is 323 g/mol. The second kappa shape index (κ2) is 6.86. The minimum atomic E-state index is 0.178. The lowest BCUT2D eigenvalue weighted by molar-refractivity contribution is -0.0146. The third-order valence-corrected chi connectivity index (χ3v) is 5.29. The van der Waals surface area contributed by atoms with Crippen LogP contribution in [0.25, 0.3) is 0 Å². The van der Waals surface area contributed by atoms with Crippen molar-refractivity contribution in [3.8, 4) is 5.75 Å². The first kappa shape index (κ1) is 15.5. The summed E-state index contributed by atoms with van der Waals surface area (Å²) in [5.41, 5.74) is 2.63. The molecule has 3 heteroatoms. The molecule has 2 aliphatic rings. The number of piperidine rings is 1. The topological polar surface area (TPSA) is 21.7 Å². The fourth-order valence-electron chi connectivity index (χ4n) is 3.83. The van der Waals surface area contributed by atoms with Gasteiger partial charge in [-0.2, -0.15) is 0 Å². The Hall–Kier alpha value is -2.00. The Labute approximate surface area is 144 Å². The maximum absolute atomic E-state index is 6.03. The number of hydrogen-bond donors (Lipinski definition) is 0. The van der Waals surface area contributed by atoms with Crippen molar-refractivity contribution in [3.63, 3.8) is 0 Å². The number of nitrogens with zero attached hydrogens (tertiary/aromatic N) is 1. The van der Waals surface area contributed by atoms with Gasteiger partial charge in [-0.1, -0.05) is 36.4 Å². The zero-order valence-corrected chi connectivity index (χ0v) is 14.1. The van der Waals surface area contributed by atoms with E-state index in [1.165, 1.54) is 24.1 Å². The van der Waals surface area contributed by atoms with Crippen molar-refractivity contribution < 1.29 is 9.47 Å². The quantitative estimate of drug-likeness (QED) is 0.831. The Morgan fingerprint density at radius 3 is 2.54 bits per heavy atom. The predicted molar refractivity (Wildman–Crippen MR) is 96.6 cm³/mol. The second-order valence-corrected chi connectivity index (χ2v) is 6.89. The number of benzene rings is 2. The molecular weight excluding hydrogens is 298 g/mol. The van der Waals surface area contributed by atoms with Gasteiger partial charge in [0.05, 0.1) is 5.60 Å². The van der Waals surface area contributed by atoms with Crippen molar-refractivity contribution in [1.29, 1.82) is 0 Å². The molecule has 4 rings (SSSR count). The normalized spacial score (nSPS) is 19.6. The van der Waals surface area contributed by atoms with Gasteiger partial charge in [-0.15, -0.1) is 0 Å². The van der Waals surface area contributed by atoms with Crippen LogP contribution in [0.2, 0.25) is 0 Å². The van der Waals surface area contributed by atoms with E-state index in [2.05, 4.69) is 35.2 Å². The summed E-state index contributed by atoms with van der Waals surface area (Å²) in [4.78, 5) is 2.46. The molecule has 0 saturated carbocycles. The molecule has 3 nitrogen and oxygen atoms in total. The summed E-state index contributed by atoms with van der Waals surface area (Å²) in [5, 5.41) is 0. The van der Waals surface area contributed by atoms with Gasteiger partial charge in [0.15, 0.2) is 0 Å². The minimum absolute atomic E-state index is 0.178. The smallest absolute Gasteiger partial charge is 0.121 e. The number of rotatable bonds is 4. The van der Waals surface area contributed by atoms with Crippen molar-refractivity contribution in [2.24, 2.45) is 0 Å². The van der Waals surface area contributed by atoms with Crippen molar-refractivity contribution in [1.82, 2.24) is 0 Å². The Morgan fingerprint density at radius 1 is 0.958 bits per heavy atom. The fourth-order valence-corrected chi connectivity index (χ4v) is 3.83. The first-order valence-corrected chi connectivity index (χ1v) is 8.99. The average Bonchev–Trinajstić information content (AvgIpc) is 3.10. The van der Waals surface area contributed by atoms with E-state index in [4.69, 9.17) is 9.47 Å². The summed E-state index contributed by atoms with van der Waals surface area (Å²) in [5.74, 6) is 0.939. The van der Waals surface area contributed by atoms with Gasteiger partial charge < -0.3 is 14.4 Å². The summed E-state index contributed by atoms with van der Waals surface area (Å²) in [6.45, 7) is 3.70. The molecular formula is C21H25NO2. The Bertz CT molecular complexity index is 655. The highest BCUT2D eigenvalue weighted by Crippen LogP contribution is 2.37. The van der Waals surface area contributed by atoms with E-state index in [1.54, 1.807) is 0 Å². The zero-order chi connectivity index (χ0) is 16.2. The lowest BCUT2D eigenvalue weighted by Crippen LogP contribution is -2.44. The van der Waals surface area contributed by atoms with Gasteiger partial charge in [0.2, 0.25) is 0 Å². The highest BCUT2D eigenvalue weighted by atomic mass is 16.5. The Morgan fingerprint density at radius 2 is 1.79 bits per heavy atom. The van der Waals surface area contributed by atoms with Crippen LogP contribution in [0.5, 0.6) is 5.75 Å². The van der Waals surface area contributed by atoms with Gasteiger partial charge in [0.25, 0.3) is 0 Å². The van der Waals surface area contributed by atoms with Crippen molar-refractivity contribution in [2.45, 2.75) is 37.9 Å². The molecule has 24 heavy (non-hydrogen) atoms. The molecule has 0 amide bonds.